The van der Waals surface area contributed by atoms with Gasteiger partial charge in [0, 0.05) is 30.1 Å². The molecular formula is C17H19ClF2N2O2. The number of ether oxygens (including phenoxy) is 2. The van der Waals surface area contributed by atoms with Crippen molar-refractivity contribution in [2.24, 2.45) is 0 Å². The van der Waals surface area contributed by atoms with Crippen LogP contribution in [0.15, 0.2) is 30.2 Å². The fourth-order valence-electron chi connectivity index (χ4n) is 2.92. The first-order valence-corrected chi connectivity index (χ1v) is 8.10. The van der Waals surface area contributed by atoms with Crippen molar-refractivity contribution < 1.29 is 18.3 Å². The minimum absolute atomic E-state index is 0.0758. The first-order chi connectivity index (χ1) is 11.3. The summed E-state index contributed by atoms with van der Waals surface area (Å²) in [6, 6.07) is 1.25. The molecule has 7 heteroatoms. The van der Waals surface area contributed by atoms with Crippen LogP contribution >= 0.6 is 11.6 Å². The van der Waals surface area contributed by atoms with E-state index in [4.69, 9.17) is 21.1 Å². The van der Waals surface area contributed by atoms with Crippen molar-refractivity contribution in [2.75, 3.05) is 26.3 Å². The van der Waals surface area contributed by atoms with Crippen LogP contribution in [-0.2, 0) is 9.47 Å². The lowest BCUT2D eigenvalue weighted by Crippen LogP contribution is -2.48. The highest BCUT2D eigenvalue weighted by Crippen LogP contribution is 2.31. The molecule has 2 aliphatic rings. The summed E-state index contributed by atoms with van der Waals surface area (Å²) in [6.45, 7) is 5.32. The second-order valence-corrected chi connectivity index (χ2v) is 6.95. The van der Waals surface area contributed by atoms with Crippen LogP contribution in [0.4, 0.5) is 8.78 Å². The van der Waals surface area contributed by atoms with E-state index in [2.05, 4.69) is 4.98 Å². The van der Waals surface area contributed by atoms with Crippen LogP contribution in [0.25, 0.3) is 5.70 Å². The zero-order chi connectivity index (χ0) is 17.3. The van der Waals surface area contributed by atoms with Crippen LogP contribution in [0.5, 0.6) is 0 Å². The lowest BCUT2D eigenvalue weighted by Gasteiger charge is -2.39. The zero-order valence-corrected chi connectivity index (χ0v) is 14.3. The van der Waals surface area contributed by atoms with Crippen LogP contribution < -0.4 is 0 Å². The molecule has 24 heavy (non-hydrogen) atoms. The number of rotatable bonds is 3. The van der Waals surface area contributed by atoms with Gasteiger partial charge in [-0.15, -0.1) is 0 Å². The van der Waals surface area contributed by atoms with Crippen LogP contribution in [0.2, 0.25) is 5.02 Å². The summed E-state index contributed by atoms with van der Waals surface area (Å²) in [5, 5.41) is 0.310. The van der Waals surface area contributed by atoms with Gasteiger partial charge in [0.15, 0.2) is 0 Å². The van der Waals surface area contributed by atoms with Crippen molar-refractivity contribution in [3.8, 4) is 0 Å². The largest absolute Gasteiger partial charge is 0.376 e. The van der Waals surface area contributed by atoms with Crippen molar-refractivity contribution >= 4 is 17.3 Å². The number of pyridine rings is 1. The van der Waals surface area contributed by atoms with E-state index < -0.39 is 11.5 Å². The molecule has 0 aliphatic carbocycles. The molecular weight excluding hydrogens is 338 g/mol. The molecule has 0 aromatic carbocycles. The molecule has 0 radical (unpaired) electrons. The van der Waals surface area contributed by atoms with Crippen LogP contribution in [0.1, 0.15) is 19.4 Å². The van der Waals surface area contributed by atoms with E-state index in [9.17, 15) is 8.78 Å². The molecule has 1 fully saturated rings. The van der Waals surface area contributed by atoms with Crippen LogP contribution in [-0.4, -0.2) is 47.9 Å². The van der Waals surface area contributed by atoms with Gasteiger partial charge in [0.1, 0.15) is 5.83 Å². The maximum Gasteiger partial charge on any atom is 0.213 e. The van der Waals surface area contributed by atoms with Gasteiger partial charge in [0.2, 0.25) is 5.95 Å². The zero-order valence-electron chi connectivity index (χ0n) is 13.6. The molecule has 1 aromatic heterocycles. The molecule has 1 saturated heterocycles. The predicted molar refractivity (Wildman–Crippen MR) is 87.7 cm³/mol. The molecule has 0 saturated carbocycles. The first-order valence-electron chi connectivity index (χ1n) is 7.72. The maximum absolute atomic E-state index is 13.8. The fraction of sp³-hybridized carbons (Fsp3) is 0.471. The molecule has 3 rings (SSSR count). The lowest BCUT2D eigenvalue weighted by atomic mass is 10.1. The summed E-state index contributed by atoms with van der Waals surface area (Å²) in [5.41, 5.74) is 0.718. The fourth-order valence-corrected chi connectivity index (χ4v) is 3.12. The van der Waals surface area contributed by atoms with Gasteiger partial charge in [0.05, 0.1) is 36.5 Å². The van der Waals surface area contributed by atoms with E-state index in [1.165, 1.54) is 18.3 Å². The number of hydrogen-bond donors (Lipinski definition) is 0. The van der Waals surface area contributed by atoms with E-state index in [-0.39, 0.29) is 18.5 Å². The summed E-state index contributed by atoms with van der Waals surface area (Å²) in [7, 11) is 0. The third-order valence-electron chi connectivity index (χ3n) is 3.87. The van der Waals surface area contributed by atoms with Crippen molar-refractivity contribution in [1.29, 1.82) is 0 Å². The molecule has 0 amide bonds. The topological polar surface area (TPSA) is 34.6 Å². The lowest BCUT2D eigenvalue weighted by molar-refractivity contribution is -0.184. The summed E-state index contributed by atoms with van der Waals surface area (Å²) in [5.74, 6) is -0.913. The highest BCUT2D eigenvalue weighted by molar-refractivity contribution is 6.32. The Morgan fingerprint density at radius 2 is 2.17 bits per heavy atom. The average molecular weight is 357 g/mol. The molecule has 130 valence electrons. The Hall–Kier alpha value is -1.50. The maximum atomic E-state index is 13.8. The highest BCUT2D eigenvalue weighted by atomic mass is 35.5. The molecule has 1 unspecified atom stereocenters. The van der Waals surface area contributed by atoms with Gasteiger partial charge in [-0.1, -0.05) is 11.6 Å². The third kappa shape index (κ3) is 3.94. The smallest absolute Gasteiger partial charge is 0.213 e. The monoisotopic (exact) mass is 356 g/mol. The Labute approximate surface area is 144 Å². The Kier molecular flexibility index (Phi) is 4.90. The van der Waals surface area contributed by atoms with Gasteiger partial charge >= 0.3 is 0 Å². The number of allylic oxidation sites excluding steroid dienone is 2. The van der Waals surface area contributed by atoms with Gasteiger partial charge in [-0.2, -0.15) is 4.39 Å². The minimum atomic E-state index is -0.636. The van der Waals surface area contributed by atoms with Gasteiger partial charge < -0.3 is 14.4 Å². The van der Waals surface area contributed by atoms with Crippen molar-refractivity contribution in [1.82, 2.24) is 9.88 Å². The van der Waals surface area contributed by atoms with Gasteiger partial charge in [0.25, 0.3) is 0 Å². The van der Waals surface area contributed by atoms with Gasteiger partial charge in [-0.05, 0) is 26.0 Å². The Morgan fingerprint density at radius 1 is 1.38 bits per heavy atom. The standard InChI is InChI=1S/C17H19ClF2N2O2/c1-17(2)10-23-9-12(24-17)8-22-7-11(19)3-4-15(22)13-5-16(20)21-6-14(13)18/h3-6,12H,7-10H2,1-2H3. The van der Waals surface area contributed by atoms with Crippen LogP contribution in [0.3, 0.4) is 0 Å². The Morgan fingerprint density at radius 3 is 2.92 bits per heavy atom. The summed E-state index contributed by atoms with van der Waals surface area (Å²) >= 11 is 6.15. The number of aromatic nitrogens is 1. The summed E-state index contributed by atoms with van der Waals surface area (Å²) < 4.78 is 38.9. The van der Waals surface area contributed by atoms with E-state index in [0.29, 0.717) is 36.0 Å². The molecule has 1 atom stereocenters. The van der Waals surface area contributed by atoms with Crippen LogP contribution in [0, 0.1) is 5.95 Å². The highest BCUT2D eigenvalue weighted by Gasteiger charge is 2.32. The van der Waals surface area contributed by atoms with Gasteiger partial charge in [-0.3, -0.25) is 0 Å². The van der Waals surface area contributed by atoms with Crippen molar-refractivity contribution in [3.63, 3.8) is 0 Å². The second kappa shape index (κ2) is 6.78. The Balaban J connectivity index is 1.85. The number of nitrogens with zero attached hydrogens (tertiary/aromatic N) is 2. The molecule has 1 aromatic rings. The molecule has 0 spiro atoms. The molecule has 4 nitrogen and oxygen atoms in total. The van der Waals surface area contributed by atoms with E-state index in [0.717, 1.165) is 0 Å². The van der Waals surface area contributed by atoms with Gasteiger partial charge in [-0.25, -0.2) is 9.37 Å². The number of hydrogen-bond acceptors (Lipinski definition) is 4. The first kappa shape index (κ1) is 17.3. The molecule has 0 bridgehead atoms. The molecule has 0 N–H and O–H groups in total. The average Bonchev–Trinajstić information content (AvgIpc) is 2.49. The predicted octanol–water partition coefficient (Wildman–Crippen LogP) is 3.58. The van der Waals surface area contributed by atoms with E-state index in [1.807, 2.05) is 13.8 Å². The third-order valence-corrected chi connectivity index (χ3v) is 4.17. The quantitative estimate of drug-likeness (QED) is 0.775. The molecule has 2 aliphatic heterocycles. The summed E-state index contributed by atoms with van der Waals surface area (Å²) in [4.78, 5) is 5.31. The number of halogens is 3. The van der Waals surface area contributed by atoms with E-state index >= 15 is 0 Å². The van der Waals surface area contributed by atoms with Crippen molar-refractivity contribution in [2.45, 2.75) is 25.6 Å². The minimum Gasteiger partial charge on any atom is -0.376 e. The Bertz CT molecular complexity index is 691. The second-order valence-electron chi connectivity index (χ2n) is 6.55. The summed E-state index contributed by atoms with van der Waals surface area (Å²) in [6.07, 6.45) is 3.99. The normalized spacial score (nSPS) is 23.7. The van der Waals surface area contributed by atoms with Crippen molar-refractivity contribution in [3.05, 3.63) is 46.8 Å². The van der Waals surface area contributed by atoms with E-state index in [1.54, 1.807) is 11.0 Å². The SMILES string of the molecule is CC1(C)COCC(CN2CC(F)=CC=C2c2cc(F)ncc2Cl)O1. The molecule has 3 heterocycles.